The maximum absolute atomic E-state index is 6.21. The fourth-order valence-electron chi connectivity index (χ4n) is 2.17. The molecule has 0 aliphatic carbocycles. The molecule has 3 aromatic rings. The van der Waals surface area contributed by atoms with Gasteiger partial charge in [-0.1, -0.05) is 41.9 Å². The van der Waals surface area contributed by atoms with Crippen LogP contribution in [0.5, 0.6) is 11.5 Å². The highest BCUT2D eigenvalue weighted by atomic mass is 35.5. The summed E-state index contributed by atoms with van der Waals surface area (Å²) >= 11 is 6.21. The molecule has 0 aliphatic heterocycles. The summed E-state index contributed by atoms with van der Waals surface area (Å²) in [5.41, 5.74) is 7.68. The molecule has 0 radical (unpaired) electrons. The molecule has 0 heterocycles. The van der Waals surface area contributed by atoms with Crippen molar-refractivity contribution in [2.75, 3.05) is 5.73 Å². The number of halogens is 1. The van der Waals surface area contributed by atoms with Crippen molar-refractivity contribution in [3.63, 3.8) is 0 Å². The van der Waals surface area contributed by atoms with Crippen molar-refractivity contribution in [1.29, 1.82) is 0 Å². The van der Waals surface area contributed by atoms with Gasteiger partial charge in [-0.25, -0.2) is 0 Å². The summed E-state index contributed by atoms with van der Waals surface area (Å²) in [6.45, 7) is 2.01. The zero-order valence-corrected chi connectivity index (χ0v) is 11.8. The molecule has 2 nitrogen and oxygen atoms in total. The molecule has 0 bridgehead atoms. The first-order valence-corrected chi connectivity index (χ1v) is 6.74. The Labute approximate surface area is 122 Å². The quantitative estimate of drug-likeness (QED) is 0.658. The predicted molar refractivity (Wildman–Crippen MR) is 84.6 cm³/mol. The van der Waals surface area contributed by atoms with Gasteiger partial charge < -0.3 is 10.5 Å². The molecule has 0 atom stereocenters. The van der Waals surface area contributed by atoms with E-state index in [9.17, 15) is 0 Å². The number of hydrogen-bond acceptors (Lipinski definition) is 2. The van der Waals surface area contributed by atoms with Crippen LogP contribution in [0.1, 0.15) is 5.56 Å². The maximum Gasteiger partial charge on any atom is 0.150 e. The summed E-state index contributed by atoms with van der Waals surface area (Å²) in [6.07, 6.45) is 0. The molecular weight excluding hydrogens is 270 g/mol. The van der Waals surface area contributed by atoms with Crippen LogP contribution in [0.15, 0.2) is 54.6 Å². The van der Waals surface area contributed by atoms with Gasteiger partial charge in [-0.05, 0) is 36.8 Å². The molecule has 2 N–H and O–H groups in total. The summed E-state index contributed by atoms with van der Waals surface area (Å²) in [7, 11) is 0. The number of aryl methyl sites for hydroxylation is 1. The van der Waals surface area contributed by atoms with E-state index in [1.807, 2.05) is 61.5 Å². The number of fused-ring (bicyclic) bond motifs is 1. The molecule has 0 aliphatic rings. The Hall–Kier alpha value is -2.19. The van der Waals surface area contributed by atoms with E-state index in [0.717, 1.165) is 22.1 Å². The van der Waals surface area contributed by atoms with Crippen molar-refractivity contribution in [3.05, 3.63) is 65.2 Å². The lowest BCUT2D eigenvalue weighted by Gasteiger charge is -2.12. The first-order chi connectivity index (χ1) is 9.65. The Morgan fingerprint density at radius 3 is 2.45 bits per heavy atom. The van der Waals surface area contributed by atoms with Crippen molar-refractivity contribution in [2.24, 2.45) is 0 Å². The highest BCUT2D eigenvalue weighted by Crippen LogP contribution is 2.36. The molecule has 0 aromatic heterocycles. The van der Waals surface area contributed by atoms with Crippen LogP contribution in [0, 0.1) is 6.92 Å². The van der Waals surface area contributed by atoms with Gasteiger partial charge in [0, 0.05) is 15.8 Å². The first-order valence-electron chi connectivity index (χ1n) is 6.36. The lowest BCUT2D eigenvalue weighted by molar-refractivity contribution is 0.490. The van der Waals surface area contributed by atoms with E-state index in [-0.39, 0.29) is 0 Å². The van der Waals surface area contributed by atoms with Crippen LogP contribution in [0.3, 0.4) is 0 Å². The number of ether oxygens (including phenoxy) is 1. The number of anilines is 1. The summed E-state index contributed by atoms with van der Waals surface area (Å²) in [5, 5.41) is 2.66. The average Bonchev–Trinajstić information content (AvgIpc) is 2.46. The van der Waals surface area contributed by atoms with Crippen molar-refractivity contribution in [2.45, 2.75) is 6.92 Å². The second kappa shape index (κ2) is 5.06. The normalized spacial score (nSPS) is 10.7. The standard InChI is InChI=1S/C17H14ClNO/c1-11-6-8-15(19)17(10-11)20-16-9-7-14(18)12-4-2-3-5-13(12)16/h2-10H,19H2,1H3. The molecule has 0 saturated carbocycles. The Kier molecular flexibility index (Phi) is 3.25. The number of benzene rings is 3. The van der Waals surface area contributed by atoms with Crippen LogP contribution >= 0.6 is 11.6 Å². The van der Waals surface area contributed by atoms with Crippen LogP contribution in [-0.4, -0.2) is 0 Å². The minimum atomic E-state index is 0.620. The zero-order chi connectivity index (χ0) is 14.1. The molecular formula is C17H14ClNO. The van der Waals surface area contributed by atoms with E-state index in [2.05, 4.69) is 0 Å². The Morgan fingerprint density at radius 1 is 0.900 bits per heavy atom. The van der Waals surface area contributed by atoms with Crippen molar-refractivity contribution < 1.29 is 4.74 Å². The fourth-order valence-corrected chi connectivity index (χ4v) is 2.40. The van der Waals surface area contributed by atoms with Crippen LogP contribution in [0.2, 0.25) is 5.02 Å². The molecule has 0 spiro atoms. The van der Waals surface area contributed by atoms with E-state index < -0.39 is 0 Å². The summed E-state index contributed by atoms with van der Waals surface area (Å²) < 4.78 is 5.97. The average molecular weight is 284 g/mol. The van der Waals surface area contributed by atoms with E-state index in [1.54, 1.807) is 0 Å². The second-order valence-electron chi connectivity index (χ2n) is 4.73. The van der Waals surface area contributed by atoms with Gasteiger partial charge in [0.1, 0.15) is 5.75 Å². The number of nitrogens with two attached hydrogens (primary N) is 1. The minimum absolute atomic E-state index is 0.620. The molecule has 3 rings (SSSR count). The molecule has 3 aromatic carbocycles. The predicted octanol–water partition coefficient (Wildman–Crippen LogP) is 5.18. The van der Waals surface area contributed by atoms with Crippen molar-refractivity contribution >= 4 is 28.1 Å². The third-order valence-electron chi connectivity index (χ3n) is 3.22. The van der Waals surface area contributed by atoms with Gasteiger partial charge in [0.05, 0.1) is 5.69 Å². The highest BCUT2D eigenvalue weighted by molar-refractivity contribution is 6.35. The van der Waals surface area contributed by atoms with Crippen LogP contribution in [-0.2, 0) is 0 Å². The van der Waals surface area contributed by atoms with Crippen LogP contribution in [0.25, 0.3) is 10.8 Å². The van der Waals surface area contributed by atoms with Crippen molar-refractivity contribution in [3.8, 4) is 11.5 Å². The third-order valence-corrected chi connectivity index (χ3v) is 3.55. The second-order valence-corrected chi connectivity index (χ2v) is 5.14. The molecule has 0 amide bonds. The molecule has 0 unspecified atom stereocenters. The number of rotatable bonds is 2. The third kappa shape index (κ3) is 2.30. The maximum atomic E-state index is 6.21. The van der Waals surface area contributed by atoms with E-state index in [1.165, 1.54) is 0 Å². The van der Waals surface area contributed by atoms with Gasteiger partial charge in [0.15, 0.2) is 5.75 Å². The lowest BCUT2D eigenvalue weighted by atomic mass is 10.1. The number of nitrogen functional groups attached to an aromatic ring is 1. The van der Waals surface area contributed by atoms with Gasteiger partial charge in [0.25, 0.3) is 0 Å². The molecule has 0 fully saturated rings. The van der Waals surface area contributed by atoms with Crippen LogP contribution < -0.4 is 10.5 Å². The molecule has 3 heteroatoms. The smallest absolute Gasteiger partial charge is 0.150 e. The van der Waals surface area contributed by atoms with Crippen LogP contribution in [0.4, 0.5) is 5.69 Å². The Bertz CT molecular complexity index is 783. The van der Waals surface area contributed by atoms with E-state index in [0.29, 0.717) is 16.5 Å². The Morgan fingerprint density at radius 2 is 1.65 bits per heavy atom. The summed E-state index contributed by atoms with van der Waals surface area (Å²) in [5.74, 6) is 1.42. The topological polar surface area (TPSA) is 35.2 Å². The first kappa shape index (κ1) is 12.8. The Balaban J connectivity index is 2.11. The van der Waals surface area contributed by atoms with Crippen molar-refractivity contribution in [1.82, 2.24) is 0 Å². The van der Waals surface area contributed by atoms with Gasteiger partial charge in [0.2, 0.25) is 0 Å². The number of hydrogen-bond donors (Lipinski definition) is 1. The summed E-state index contributed by atoms with van der Waals surface area (Å²) in [6, 6.07) is 17.3. The van der Waals surface area contributed by atoms with E-state index >= 15 is 0 Å². The highest BCUT2D eigenvalue weighted by Gasteiger charge is 2.08. The fraction of sp³-hybridized carbons (Fsp3) is 0.0588. The van der Waals surface area contributed by atoms with Gasteiger partial charge in [-0.15, -0.1) is 0 Å². The summed E-state index contributed by atoms with van der Waals surface area (Å²) in [4.78, 5) is 0. The molecule has 100 valence electrons. The van der Waals surface area contributed by atoms with Gasteiger partial charge in [-0.3, -0.25) is 0 Å². The SMILES string of the molecule is Cc1ccc(N)c(Oc2ccc(Cl)c3ccccc23)c1. The largest absolute Gasteiger partial charge is 0.455 e. The van der Waals surface area contributed by atoms with Gasteiger partial charge >= 0.3 is 0 Å². The lowest BCUT2D eigenvalue weighted by Crippen LogP contribution is -1.93. The van der Waals surface area contributed by atoms with E-state index in [4.69, 9.17) is 22.1 Å². The minimum Gasteiger partial charge on any atom is -0.455 e. The van der Waals surface area contributed by atoms with Gasteiger partial charge in [-0.2, -0.15) is 0 Å². The monoisotopic (exact) mass is 283 g/mol. The zero-order valence-electron chi connectivity index (χ0n) is 11.1. The molecule has 20 heavy (non-hydrogen) atoms. The molecule has 0 saturated heterocycles.